The van der Waals surface area contributed by atoms with Crippen LogP contribution in [-0.4, -0.2) is 22.9 Å². The van der Waals surface area contributed by atoms with Gasteiger partial charge in [-0.25, -0.2) is 0 Å². The zero-order valence-electron chi connectivity index (χ0n) is 14.4. The number of aliphatic hydroxyl groups is 2. The molecule has 0 aromatic rings. The number of allylic oxidation sites excluding steroid dienone is 3. The van der Waals surface area contributed by atoms with Crippen molar-refractivity contribution in [2.45, 2.75) is 65.4 Å². The van der Waals surface area contributed by atoms with Crippen molar-refractivity contribution in [3.63, 3.8) is 0 Å². The van der Waals surface area contributed by atoms with Crippen LogP contribution in [0.25, 0.3) is 0 Å². The zero-order valence-corrected chi connectivity index (χ0v) is 14.4. The van der Waals surface area contributed by atoms with Gasteiger partial charge in [-0.05, 0) is 55.8 Å². The topological polar surface area (TPSA) is 40.5 Å². The molecule has 22 heavy (non-hydrogen) atoms. The first-order chi connectivity index (χ1) is 10.3. The lowest BCUT2D eigenvalue weighted by molar-refractivity contribution is -0.153. The van der Waals surface area contributed by atoms with E-state index in [0.717, 1.165) is 25.7 Å². The molecule has 0 aliphatic heterocycles. The van der Waals surface area contributed by atoms with E-state index in [1.54, 1.807) is 5.57 Å². The Labute approximate surface area is 135 Å². The molecule has 2 saturated carbocycles. The number of hydrogen-bond donors (Lipinski definition) is 2. The first kappa shape index (κ1) is 16.3. The van der Waals surface area contributed by atoms with E-state index in [1.807, 2.05) is 0 Å². The van der Waals surface area contributed by atoms with Crippen LogP contribution in [-0.2, 0) is 0 Å². The van der Waals surface area contributed by atoms with E-state index in [0.29, 0.717) is 11.8 Å². The molecule has 2 nitrogen and oxygen atoms in total. The molecule has 3 aliphatic carbocycles. The van der Waals surface area contributed by atoms with Gasteiger partial charge in [0.05, 0.1) is 12.7 Å². The number of hydrogen-bond acceptors (Lipinski definition) is 2. The van der Waals surface area contributed by atoms with E-state index in [4.69, 9.17) is 0 Å². The first-order valence-corrected chi connectivity index (χ1v) is 8.93. The van der Waals surface area contributed by atoms with Crippen molar-refractivity contribution in [3.8, 4) is 0 Å². The van der Waals surface area contributed by atoms with Gasteiger partial charge in [0.25, 0.3) is 0 Å². The fourth-order valence-corrected chi connectivity index (χ4v) is 5.94. The molecule has 2 N–H and O–H groups in total. The Balaban J connectivity index is 1.98. The fraction of sp³-hybridized carbons (Fsp3) is 0.800. The highest BCUT2D eigenvalue weighted by atomic mass is 16.3. The van der Waals surface area contributed by atoms with Gasteiger partial charge in [0.15, 0.2) is 0 Å². The maximum Gasteiger partial charge on any atom is 0.0618 e. The predicted octanol–water partition coefficient (Wildman–Crippen LogP) is 4.08. The van der Waals surface area contributed by atoms with Gasteiger partial charge in [-0.15, -0.1) is 6.58 Å². The lowest BCUT2D eigenvalue weighted by atomic mass is 9.44. The molecule has 1 unspecified atom stereocenters. The van der Waals surface area contributed by atoms with Crippen molar-refractivity contribution in [2.75, 3.05) is 6.61 Å². The molecule has 0 saturated heterocycles. The van der Waals surface area contributed by atoms with Crippen LogP contribution in [0, 0.1) is 28.1 Å². The highest BCUT2D eigenvalue weighted by molar-refractivity contribution is 5.27. The second-order valence-corrected chi connectivity index (χ2v) is 8.84. The smallest absolute Gasteiger partial charge is 0.0618 e. The summed E-state index contributed by atoms with van der Waals surface area (Å²) in [6.45, 7) is 10.9. The van der Waals surface area contributed by atoms with Crippen LogP contribution < -0.4 is 0 Å². The minimum atomic E-state index is -0.358. The molecule has 0 aromatic carbocycles. The van der Waals surface area contributed by atoms with Crippen LogP contribution >= 0.6 is 0 Å². The molecular weight excluding hydrogens is 272 g/mol. The molecule has 6 atom stereocenters. The Hall–Kier alpha value is -0.600. The molecule has 3 aliphatic rings. The van der Waals surface area contributed by atoms with Gasteiger partial charge in [-0.3, -0.25) is 0 Å². The normalized spacial score (nSPS) is 51.5. The van der Waals surface area contributed by atoms with Crippen molar-refractivity contribution in [3.05, 3.63) is 24.3 Å². The highest BCUT2D eigenvalue weighted by Crippen LogP contribution is 2.63. The molecule has 0 heterocycles. The van der Waals surface area contributed by atoms with Crippen molar-refractivity contribution >= 4 is 0 Å². The SMILES string of the molecule is C=C[C@]1(C)C=C2CC[C@@H]3[C@](C)(CCC(O)[C@@]3(C)CO)[C@H]2CC1. The standard InChI is InChI=1S/C20H32O2/c1-5-18(2)10-8-15-14(12-18)6-7-16-19(15,3)11-9-17(22)20(16,4)13-21/h5,12,15-17,21-22H,1,6-11,13H2,2-4H3/t15-,16+,17?,18-,19+,20-/m0/s1. The van der Waals surface area contributed by atoms with Crippen LogP contribution in [0.2, 0.25) is 0 Å². The molecule has 3 rings (SSSR count). The van der Waals surface area contributed by atoms with Crippen LogP contribution in [0.1, 0.15) is 59.3 Å². The van der Waals surface area contributed by atoms with Crippen LogP contribution in [0.3, 0.4) is 0 Å². The summed E-state index contributed by atoms with van der Waals surface area (Å²) in [6.07, 6.45) is 10.8. The molecule has 0 radical (unpaired) electrons. The summed E-state index contributed by atoms with van der Waals surface area (Å²) in [7, 11) is 0. The van der Waals surface area contributed by atoms with Crippen LogP contribution in [0.15, 0.2) is 24.3 Å². The van der Waals surface area contributed by atoms with Gasteiger partial charge in [-0.2, -0.15) is 0 Å². The van der Waals surface area contributed by atoms with Gasteiger partial charge in [-0.1, -0.05) is 38.5 Å². The summed E-state index contributed by atoms with van der Waals surface area (Å²) in [5.41, 5.74) is 1.66. The molecule has 0 aromatic heterocycles. The Kier molecular flexibility index (Phi) is 3.85. The van der Waals surface area contributed by atoms with E-state index < -0.39 is 0 Å². The second-order valence-electron chi connectivity index (χ2n) is 8.84. The third-order valence-corrected chi connectivity index (χ3v) is 7.57. The molecule has 124 valence electrons. The van der Waals surface area contributed by atoms with E-state index >= 15 is 0 Å². The summed E-state index contributed by atoms with van der Waals surface area (Å²) < 4.78 is 0. The van der Waals surface area contributed by atoms with Crippen molar-refractivity contribution in [1.29, 1.82) is 0 Å². The second kappa shape index (κ2) is 5.21. The van der Waals surface area contributed by atoms with Crippen molar-refractivity contribution < 1.29 is 10.2 Å². The summed E-state index contributed by atoms with van der Waals surface area (Å²) in [6, 6.07) is 0. The summed E-state index contributed by atoms with van der Waals surface area (Å²) in [4.78, 5) is 0. The maximum atomic E-state index is 10.5. The zero-order chi connectivity index (χ0) is 16.2. The van der Waals surface area contributed by atoms with Crippen molar-refractivity contribution in [2.24, 2.45) is 28.1 Å². The summed E-state index contributed by atoms with van der Waals surface area (Å²) in [5, 5.41) is 20.5. The van der Waals surface area contributed by atoms with Crippen molar-refractivity contribution in [1.82, 2.24) is 0 Å². The van der Waals surface area contributed by atoms with E-state index in [1.165, 1.54) is 12.8 Å². The van der Waals surface area contributed by atoms with Gasteiger partial charge in [0.1, 0.15) is 0 Å². The first-order valence-electron chi connectivity index (χ1n) is 8.93. The molecule has 2 heteroatoms. The largest absolute Gasteiger partial charge is 0.396 e. The van der Waals surface area contributed by atoms with Gasteiger partial charge < -0.3 is 10.2 Å². The van der Waals surface area contributed by atoms with Crippen LogP contribution in [0.5, 0.6) is 0 Å². The van der Waals surface area contributed by atoms with E-state index in [9.17, 15) is 10.2 Å². The Morgan fingerprint density at radius 2 is 1.95 bits per heavy atom. The number of fused-ring (bicyclic) bond motifs is 3. The molecule has 0 spiro atoms. The van der Waals surface area contributed by atoms with Gasteiger partial charge >= 0.3 is 0 Å². The number of rotatable bonds is 2. The molecule has 2 fully saturated rings. The Morgan fingerprint density at radius 3 is 2.59 bits per heavy atom. The monoisotopic (exact) mass is 304 g/mol. The average molecular weight is 304 g/mol. The van der Waals surface area contributed by atoms with Crippen LogP contribution in [0.4, 0.5) is 0 Å². The lowest BCUT2D eigenvalue weighted by Crippen LogP contribution is -2.58. The lowest BCUT2D eigenvalue weighted by Gasteiger charge is -2.61. The minimum absolute atomic E-state index is 0.102. The minimum Gasteiger partial charge on any atom is -0.396 e. The predicted molar refractivity (Wildman–Crippen MR) is 90.4 cm³/mol. The molecule has 0 amide bonds. The Morgan fingerprint density at radius 1 is 1.23 bits per heavy atom. The molecule has 0 bridgehead atoms. The highest BCUT2D eigenvalue weighted by Gasteiger charge is 2.58. The molecular formula is C20H32O2. The number of aliphatic hydroxyl groups excluding tert-OH is 2. The van der Waals surface area contributed by atoms with Gasteiger partial charge in [0, 0.05) is 10.8 Å². The van der Waals surface area contributed by atoms with E-state index in [2.05, 4.69) is 39.5 Å². The third kappa shape index (κ3) is 2.14. The fourth-order valence-electron chi connectivity index (χ4n) is 5.94. The third-order valence-electron chi connectivity index (χ3n) is 7.57. The maximum absolute atomic E-state index is 10.5. The quantitative estimate of drug-likeness (QED) is 0.755. The summed E-state index contributed by atoms with van der Waals surface area (Å²) in [5.74, 6) is 1.04. The Bertz CT molecular complexity index is 496. The van der Waals surface area contributed by atoms with E-state index in [-0.39, 0.29) is 29.0 Å². The summed E-state index contributed by atoms with van der Waals surface area (Å²) >= 11 is 0. The average Bonchev–Trinajstić information content (AvgIpc) is 2.51. The van der Waals surface area contributed by atoms with Gasteiger partial charge in [0.2, 0.25) is 0 Å².